The van der Waals surface area contributed by atoms with Gasteiger partial charge in [-0.3, -0.25) is 9.59 Å². The fourth-order valence-electron chi connectivity index (χ4n) is 2.22. The normalized spacial score (nSPS) is 10.3. The van der Waals surface area contributed by atoms with Crippen LogP contribution >= 0.6 is 23.4 Å². The summed E-state index contributed by atoms with van der Waals surface area (Å²) in [5.41, 5.74) is 1.46. The summed E-state index contributed by atoms with van der Waals surface area (Å²) in [6, 6.07) is 14.5. The zero-order valence-electron chi connectivity index (χ0n) is 13.5. The highest BCUT2D eigenvalue weighted by molar-refractivity contribution is 7.98. The number of halogens is 1. The Morgan fingerprint density at radius 1 is 1.12 bits per heavy atom. The Morgan fingerprint density at radius 3 is 2.42 bits per heavy atom. The number of nitrogens with zero attached hydrogens (tertiary/aromatic N) is 1. The van der Waals surface area contributed by atoms with Gasteiger partial charge in [-0.15, -0.1) is 11.8 Å². The van der Waals surface area contributed by atoms with E-state index in [1.54, 1.807) is 18.2 Å². The van der Waals surface area contributed by atoms with Crippen molar-refractivity contribution in [2.24, 2.45) is 0 Å². The molecule has 0 saturated heterocycles. The topological polar surface area (TPSA) is 46.6 Å². The SMILES string of the molecule is COC(=O)CN(Cc1ccc(Cl)cc1)C(=O)c1ccccc1SC. The van der Waals surface area contributed by atoms with E-state index in [4.69, 9.17) is 16.3 Å². The molecule has 1 amide bonds. The summed E-state index contributed by atoms with van der Waals surface area (Å²) in [6.07, 6.45) is 1.91. The monoisotopic (exact) mass is 363 g/mol. The lowest BCUT2D eigenvalue weighted by Crippen LogP contribution is -2.36. The van der Waals surface area contributed by atoms with Gasteiger partial charge >= 0.3 is 5.97 Å². The smallest absolute Gasteiger partial charge is 0.325 e. The van der Waals surface area contributed by atoms with Crippen LogP contribution in [0.2, 0.25) is 5.02 Å². The fraction of sp³-hybridized carbons (Fsp3) is 0.222. The van der Waals surface area contributed by atoms with Crippen molar-refractivity contribution in [1.82, 2.24) is 4.90 Å². The summed E-state index contributed by atoms with van der Waals surface area (Å²) < 4.78 is 4.72. The molecule has 2 aromatic carbocycles. The molecule has 2 rings (SSSR count). The molecule has 0 unspecified atom stereocenters. The minimum Gasteiger partial charge on any atom is -0.468 e. The van der Waals surface area contributed by atoms with Crippen LogP contribution in [-0.4, -0.2) is 36.7 Å². The minimum atomic E-state index is -0.459. The van der Waals surface area contributed by atoms with E-state index in [1.165, 1.54) is 23.8 Å². The Morgan fingerprint density at radius 2 is 1.79 bits per heavy atom. The number of hydrogen-bond donors (Lipinski definition) is 0. The van der Waals surface area contributed by atoms with Crippen LogP contribution in [0.1, 0.15) is 15.9 Å². The first kappa shape index (κ1) is 18.4. The van der Waals surface area contributed by atoms with Gasteiger partial charge in [0.05, 0.1) is 12.7 Å². The third kappa shape index (κ3) is 4.76. The molecule has 24 heavy (non-hydrogen) atoms. The Bertz CT molecular complexity index is 718. The predicted molar refractivity (Wildman–Crippen MR) is 96.4 cm³/mol. The number of thioether (sulfide) groups is 1. The average molecular weight is 364 g/mol. The quantitative estimate of drug-likeness (QED) is 0.577. The summed E-state index contributed by atoms with van der Waals surface area (Å²) in [6.45, 7) is 0.189. The lowest BCUT2D eigenvalue weighted by molar-refractivity contribution is -0.141. The molecular formula is C18H18ClNO3S. The Kier molecular flexibility index (Phi) is 6.70. The fourth-order valence-corrected chi connectivity index (χ4v) is 2.94. The summed E-state index contributed by atoms with van der Waals surface area (Å²) in [4.78, 5) is 27.0. The molecule has 2 aromatic rings. The molecule has 0 aromatic heterocycles. The number of carbonyl (C=O) groups is 2. The van der Waals surface area contributed by atoms with E-state index in [0.717, 1.165) is 10.5 Å². The zero-order chi connectivity index (χ0) is 17.5. The highest BCUT2D eigenvalue weighted by Crippen LogP contribution is 2.22. The molecule has 0 radical (unpaired) electrons. The number of amides is 1. The standard InChI is InChI=1S/C18H18ClNO3S/c1-23-17(21)12-20(11-13-7-9-14(19)10-8-13)18(22)15-5-3-4-6-16(15)24-2/h3-10H,11-12H2,1-2H3. The highest BCUT2D eigenvalue weighted by atomic mass is 35.5. The molecule has 0 aliphatic heterocycles. The van der Waals surface area contributed by atoms with E-state index < -0.39 is 5.97 Å². The number of ether oxygens (including phenoxy) is 1. The first-order chi connectivity index (χ1) is 11.5. The van der Waals surface area contributed by atoms with Crippen LogP contribution in [0.15, 0.2) is 53.4 Å². The van der Waals surface area contributed by atoms with E-state index in [-0.39, 0.29) is 12.5 Å². The summed E-state index contributed by atoms with van der Waals surface area (Å²) in [5.74, 6) is -0.667. The van der Waals surface area contributed by atoms with Gasteiger partial charge < -0.3 is 9.64 Å². The predicted octanol–water partition coefficient (Wildman–Crippen LogP) is 3.88. The molecule has 0 aliphatic rings. The van der Waals surface area contributed by atoms with Gasteiger partial charge in [0.1, 0.15) is 6.54 Å². The van der Waals surface area contributed by atoms with Crippen LogP contribution in [0.25, 0.3) is 0 Å². The van der Waals surface area contributed by atoms with Crippen LogP contribution in [0, 0.1) is 0 Å². The van der Waals surface area contributed by atoms with Gasteiger partial charge in [0.2, 0.25) is 0 Å². The van der Waals surface area contributed by atoms with Gasteiger partial charge in [-0.05, 0) is 36.1 Å². The second-order valence-electron chi connectivity index (χ2n) is 5.06. The van der Waals surface area contributed by atoms with Gasteiger partial charge in [0.15, 0.2) is 0 Å². The van der Waals surface area contributed by atoms with Crippen LogP contribution in [0.3, 0.4) is 0 Å². The number of hydrogen-bond acceptors (Lipinski definition) is 4. The maximum Gasteiger partial charge on any atom is 0.325 e. The van der Waals surface area contributed by atoms with Crippen molar-refractivity contribution in [3.63, 3.8) is 0 Å². The van der Waals surface area contributed by atoms with E-state index in [1.807, 2.05) is 36.6 Å². The minimum absolute atomic E-state index is 0.110. The second-order valence-corrected chi connectivity index (χ2v) is 6.35. The third-order valence-corrected chi connectivity index (χ3v) is 4.51. The van der Waals surface area contributed by atoms with Crippen molar-refractivity contribution < 1.29 is 14.3 Å². The maximum atomic E-state index is 12.9. The van der Waals surface area contributed by atoms with Crippen LogP contribution in [0.5, 0.6) is 0 Å². The van der Waals surface area contributed by atoms with E-state index in [9.17, 15) is 9.59 Å². The van der Waals surface area contributed by atoms with Crippen molar-refractivity contribution in [3.8, 4) is 0 Å². The summed E-state index contributed by atoms with van der Waals surface area (Å²) >= 11 is 7.39. The zero-order valence-corrected chi connectivity index (χ0v) is 15.1. The van der Waals surface area contributed by atoms with Crippen molar-refractivity contribution in [1.29, 1.82) is 0 Å². The van der Waals surface area contributed by atoms with Crippen LogP contribution in [0.4, 0.5) is 0 Å². The van der Waals surface area contributed by atoms with Gasteiger partial charge in [0, 0.05) is 16.5 Å². The number of benzene rings is 2. The summed E-state index contributed by atoms with van der Waals surface area (Å²) in [7, 11) is 1.31. The Labute approximate surface area is 150 Å². The molecule has 0 fully saturated rings. The van der Waals surface area contributed by atoms with Crippen LogP contribution < -0.4 is 0 Å². The number of methoxy groups -OCH3 is 1. The molecule has 6 heteroatoms. The largest absolute Gasteiger partial charge is 0.468 e. The maximum absolute atomic E-state index is 12.9. The van der Waals surface area contributed by atoms with Gasteiger partial charge in [0.25, 0.3) is 5.91 Å². The van der Waals surface area contributed by atoms with E-state index >= 15 is 0 Å². The first-order valence-corrected chi connectivity index (χ1v) is 8.89. The Balaban J connectivity index is 2.29. The molecule has 126 valence electrons. The molecular weight excluding hydrogens is 346 g/mol. The molecule has 0 saturated carbocycles. The van der Waals surface area contributed by atoms with Crippen molar-refractivity contribution in [3.05, 3.63) is 64.7 Å². The Hall–Kier alpha value is -1.98. The lowest BCUT2D eigenvalue weighted by atomic mass is 10.1. The molecule has 0 spiro atoms. The summed E-state index contributed by atoms with van der Waals surface area (Å²) in [5, 5.41) is 0.623. The number of rotatable bonds is 6. The van der Waals surface area contributed by atoms with E-state index in [0.29, 0.717) is 17.1 Å². The molecule has 0 bridgehead atoms. The van der Waals surface area contributed by atoms with E-state index in [2.05, 4.69) is 0 Å². The molecule has 0 N–H and O–H groups in total. The highest BCUT2D eigenvalue weighted by Gasteiger charge is 2.21. The van der Waals surface area contributed by atoms with Crippen LogP contribution in [-0.2, 0) is 16.1 Å². The van der Waals surface area contributed by atoms with Crippen molar-refractivity contribution >= 4 is 35.2 Å². The average Bonchev–Trinajstić information content (AvgIpc) is 2.62. The third-order valence-electron chi connectivity index (χ3n) is 3.46. The molecule has 0 atom stereocenters. The van der Waals surface area contributed by atoms with Gasteiger partial charge in [-0.2, -0.15) is 0 Å². The molecule has 0 aliphatic carbocycles. The van der Waals surface area contributed by atoms with Gasteiger partial charge in [-0.1, -0.05) is 35.9 Å². The number of carbonyl (C=O) groups excluding carboxylic acids is 2. The lowest BCUT2D eigenvalue weighted by Gasteiger charge is -2.22. The van der Waals surface area contributed by atoms with Crippen molar-refractivity contribution in [2.75, 3.05) is 19.9 Å². The second kappa shape index (κ2) is 8.76. The van der Waals surface area contributed by atoms with Gasteiger partial charge in [-0.25, -0.2) is 0 Å². The molecule has 0 heterocycles. The van der Waals surface area contributed by atoms with Crippen molar-refractivity contribution in [2.45, 2.75) is 11.4 Å². The first-order valence-electron chi connectivity index (χ1n) is 7.28. The number of esters is 1. The molecule has 4 nitrogen and oxygen atoms in total.